The average molecular weight is 458 g/mol. The normalized spacial score (nSPS) is 25.4. The number of hydrogen-bond donors (Lipinski definition) is 1. The lowest BCUT2D eigenvalue weighted by molar-refractivity contribution is -0.192. The first-order chi connectivity index (χ1) is 15.1. The molecule has 10 heteroatoms. The number of carbonyl (C=O) groups excluding carboxylic acids is 1. The number of aromatic nitrogens is 1. The number of fused-ring (bicyclic) bond motifs is 1. The Hall–Kier alpha value is -2.20. The summed E-state index contributed by atoms with van der Waals surface area (Å²) in [6, 6.07) is 3.77. The van der Waals surface area contributed by atoms with Gasteiger partial charge >= 0.3 is 12.1 Å². The molecule has 3 aliphatic rings. The van der Waals surface area contributed by atoms with Crippen LogP contribution in [0.15, 0.2) is 18.3 Å². The van der Waals surface area contributed by atoms with Crippen molar-refractivity contribution in [1.82, 2.24) is 9.88 Å². The van der Waals surface area contributed by atoms with Crippen LogP contribution in [0.5, 0.6) is 0 Å². The van der Waals surface area contributed by atoms with E-state index in [0.717, 1.165) is 37.9 Å². The van der Waals surface area contributed by atoms with Gasteiger partial charge in [-0.1, -0.05) is 12.8 Å². The predicted octanol–water partition coefficient (Wildman–Crippen LogP) is 3.32. The number of carbonyl (C=O) groups is 2. The van der Waals surface area contributed by atoms with E-state index in [0.29, 0.717) is 24.7 Å². The molecule has 0 bridgehead atoms. The van der Waals surface area contributed by atoms with Gasteiger partial charge in [-0.2, -0.15) is 13.2 Å². The summed E-state index contributed by atoms with van der Waals surface area (Å²) in [7, 11) is 0. The lowest BCUT2D eigenvalue weighted by Gasteiger charge is -2.27. The molecule has 0 unspecified atom stereocenters. The van der Waals surface area contributed by atoms with E-state index >= 15 is 0 Å². The van der Waals surface area contributed by atoms with Crippen LogP contribution >= 0.6 is 0 Å². The van der Waals surface area contributed by atoms with E-state index in [4.69, 9.17) is 19.4 Å². The molecule has 3 fully saturated rings. The zero-order valence-corrected chi connectivity index (χ0v) is 18.1. The quantitative estimate of drug-likeness (QED) is 0.728. The number of ether oxygens (including phenoxy) is 2. The molecule has 0 aromatic carbocycles. The van der Waals surface area contributed by atoms with Crippen LogP contribution in [0.25, 0.3) is 0 Å². The van der Waals surface area contributed by atoms with E-state index in [-0.39, 0.29) is 11.3 Å². The van der Waals surface area contributed by atoms with Gasteiger partial charge in [-0.05, 0) is 37.8 Å². The fourth-order valence-corrected chi connectivity index (χ4v) is 4.57. The van der Waals surface area contributed by atoms with Gasteiger partial charge in [0.05, 0.1) is 25.4 Å². The third kappa shape index (κ3) is 5.98. The summed E-state index contributed by atoms with van der Waals surface area (Å²) in [5, 5.41) is 7.12. The SMILES string of the molecule is Cc1ccc(C(=O)N2C[C@@H]3COC[C@]3(COCC3CCCC3)C2)cn1.O=C(O)C(F)(F)F. The van der Waals surface area contributed by atoms with Crippen molar-refractivity contribution in [3.8, 4) is 0 Å². The molecule has 2 aliphatic heterocycles. The van der Waals surface area contributed by atoms with Crippen molar-refractivity contribution < 1.29 is 37.3 Å². The van der Waals surface area contributed by atoms with E-state index in [1.807, 2.05) is 24.0 Å². The maximum Gasteiger partial charge on any atom is 0.490 e. The largest absolute Gasteiger partial charge is 0.490 e. The maximum absolute atomic E-state index is 12.8. The second kappa shape index (κ2) is 10.2. The highest BCUT2D eigenvalue weighted by Crippen LogP contribution is 2.42. The second-order valence-corrected chi connectivity index (χ2v) is 8.92. The molecule has 0 radical (unpaired) electrons. The Morgan fingerprint density at radius 3 is 2.59 bits per heavy atom. The standard InChI is InChI=1S/C20H28N2O3.C2HF3O2/c1-15-6-7-17(8-21-15)19(23)22-9-18-11-25-14-20(18,12-22)13-24-10-16-4-2-3-5-16;3-2(4,5)1(6)7/h6-8,16,18H,2-5,9-14H2,1H3;(H,6,7)/t18-,20-;/m1./s1. The number of carboxylic acids is 1. The monoisotopic (exact) mass is 458 g/mol. The lowest BCUT2D eigenvalue weighted by atomic mass is 9.82. The van der Waals surface area contributed by atoms with Crippen LogP contribution in [0.1, 0.15) is 41.7 Å². The van der Waals surface area contributed by atoms with Gasteiger partial charge in [-0.15, -0.1) is 0 Å². The number of amides is 1. The Kier molecular flexibility index (Phi) is 7.76. The van der Waals surface area contributed by atoms with Crippen molar-refractivity contribution >= 4 is 11.9 Å². The number of hydrogen-bond acceptors (Lipinski definition) is 5. The zero-order chi connectivity index (χ0) is 23.4. The smallest absolute Gasteiger partial charge is 0.475 e. The molecule has 1 aromatic rings. The number of likely N-dealkylation sites (tertiary alicyclic amines) is 1. The molecule has 178 valence electrons. The van der Waals surface area contributed by atoms with E-state index in [1.54, 1.807) is 6.20 Å². The van der Waals surface area contributed by atoms with Crippen molar-refractivity contribution in [2.75, 3.05) is 39.5 Å². The number of aryl methyl sites for hydroxylation is 1. The Morgan fingerprint density at radius 1 is 1.31 bits per heavy atom. The molecule has 1 saturated carbocycles. The second-order valence-electron chi connectivity index (χ2n) is 8.92. The van der Waals surface area contributed by atoms with Crippen molar-refractivity contribution in [3.63, 3.8) is 0 Å². The highest BCUT2D eigenvalue weighted by atomic mass is 19.4. The molecule has 3 heterocycles. The molecule has 1 N–H and O–H groups in total. The minimum atomic E-state index is -5.08. The molecule has 32 heavy (non-hydrogen) atoms. The fraction of sp³-hybridized carbons (Fsp3) is 0.682. The summed E-state index contributed by atoms with van der Waals surface area (Å²) in [5.74, 6) is -1.56. The number of pyridine rings is 1. The molecule has 2 atom stereocenters. The van der Waals surface area contributed by atoms with Crippen LogP contribution in [0, 0.1) is 24.2 Å². The topological polar surface area (TPSA) is 89.0 Å². The van der Waals surface area contributed by atoms with Gasteiger partial charge in [0.15, 0.2) is 0 Å². The highest BCUT2D eigenvalue weighted by molar-refractivity contribution is 5.94. The number of rotatable bonds is 5. The number of halogens is 3. The first-order valence-corrected chi connectivity index (χ1v) is 10.8. The number of nitrogens with zero attached hydrogens (tertiary/aromatic N) is 2. The van der Waals surface area contributed by atoms with Crippen LogP contribution in [0.4, 0.5) is 13.2 Å². The molecule has 4 rings (SSSR count). The van der Waals surface area contributed by atoms with Gasteiger partial charge in [0.2, 0.25) is 0 Å². The van der Waals surface area contributed by atoms with Crippen LogP contribution in [-0.4, -0.2) is 72.6 Å². The summed E-state index contributed by atoms with van der Waals surface area (Å²) in [5.41, 5.74) is 1.58. The van der Waals surface area contributed by atoms with Crippen molar-refractivity contribution in [1.29, 1.82) is 0 Å². The minimum absolute atomic E-state index is 0.0214. The molecule has 7 nitrogen and oxygen atoms in total. The molecule has 1 aliphatic carbocycles. The van der Waals surface area contributed by atoms with E-state index < -0.39 is 12.1 Å². The van der Waals surface area contributed by atoms with E-state index in [1.165, 1.54) is 25.7 Å². The summed E-state index contributed by atoms with van der Waals surface area (Å²) in [4.78, 5) is 27.9. The van der Waals surface area contributed by atoms with Crippen molar-refractivity contribution in [2.24, 2.45) is 17.3 Å². The van der Waals surface area contributed by atoms with Gasteiger partial charge in [-0.25, -0.2) is 4.79 Å². The van der Waals surface area contributed by atoms with Gasteiger partial charge in [-0.3, -0.25) is 9.78 Å². The third-order valence-electron chi connectivity index (χ3n) is 6.43. The van der Waals surface area contributed by atoms with Gasteiger partial charge in [0.25, 0.3) is 5.91 Å². The molecular weight excluding hydrogens is 429 g/mol. The summed E-state index contributed by atoms with van der Waals surface area (Å²) < 4.78 is 43.6. The molecule has 1 aromatic heterocycles. The number of carboxylic acid groups (broad SMARTS) is 1. The average Bonchev–Trinajstić information content (AvgIpc) is 3.44. The van der Waals surface area contributed by atoms with E-state index in [2.05, 4.69) is 4.98 Å². The minimum Gasteiger partial charge on any atom is -0.475 e. The third-order valence-corrected chi connectivity index (χ3v) is 6.43. The molecule has 1 amide bonds. The highest BCUT2D eigenvalue weighted by Gasteiger charge is 2.52. The lowest BCUT2D eigenvalue weighted by Crippen LogP contribution is -2.37. The van der Waals surface area contributed by atoms with Crippen LogP contribution in [0.3, 0.4) is 0 Å². The molecular formula is C22H29F3N2O5. The predicted molar refractivity (Wildman–Crippen MR) is 108 cm³/mol. The Morgan fingerprint density at radius 2 is 2.00 bits per heavy atom. The van der Waals surface area contributed by atoms with Crippen LogP contribution in [-0.2, 0) is 14.3 Å². The van der Waals surface area contributed by atoms with Gasteiger partial charge in [0.1, 0.15) is 0 Å². The fourth-order valence-electron chi connectivity index (χ4n) is 4.57. The number of alkyl halides is 3. The van der Waals surface area contributed by atoms with Crippen molar-refractivity contribution in [2.45, 2.75) is 38.8 Å². The Balaban J connectivity index is 0.000000360. The molecule has 2 saturated heterocycles. The first-order valence-electron chi connectivity index (χ1n) is 10.8. The van der Waals surface area contributed by atoms with Crippen LogP contribution < -0.4 is 0 Å². The number of aliphatic carboxylic acids is 1. The summed E-state index contributed by atoms with van der Waals surface area (Å²) in [6.07, 6.45) is 1.90. The summed E-state index contributed by atoms with van der Waals surface area (Å²) >= 11 is 0. The van der Waals surface area contributed by atoms with Gasteiger partial charge in [0, 0.05) is 42.9 Å². The van der Waals surface area contributed by atoms with Crippen LogP contribution in [0.2, 0.25) is 0 Å². The Bertz CT molecular complexity index is 796. The van der Waals surface area contributed by atoms with Gasteiger partial charge < -0.3 is 19.5 Å². The van der Waals surface area contributed by atoms with Crippen molar-refractivity contribution in [3.05, 3.63) is 29.6 Å². The summed E-state index contributed by atoms with van der Waals surface area (Å²) in [6.45, 7) is 6.45. The zero-order valence-electron chi connectivity index (χ0n) is 18.1. The first kappa shape index (κ1) is 24.4. The maximum atomic E-state index is 12.8. The molecule has 0 spiro atoms. The van der Waals surface area contributed by atoms with E-state index in [9.17, 15) is 18.0 Å². The Labute approximate surface area is 184 Å².